The number of hydrogen-bond donors (Lipinski definition) is 1. The molecule has 0 spiro atoms. The molecule has 0 aliphatic carbocycles. The number of H-pyrrole nitrogens is 1. The Morgan fingerprint density at radius 2 is 2.20 bits per heavy atom. The highest BCUT2D eigenvalue weighted by molar-refractivity contribution is 5.85. The van der Waals surface area contributed by atoms with Crippen LogP contribution in [0, 0.1) is 0 Å². The molecule has 0 atom stereocenters. The molecule has 56 valence electrons. The molecule has 0 saturated heterocycles. The van der Waals surface area contributed by atoms with Gasteiger partial charge < -0.3 is 0 Å². The van der Waals surface area contributed by atoms with E-state index in [4.69, 9.17) is 0 Å². The van der Waals surface area contributed by atoms with E-state index < -0.39 is 0 Å². The van der Waals surface area contributed by atoms with E-state index in [-0.39, 0.29) is 24.8 Å². The average Bonchev–Trinajstić information content (AvgIpc) is 2.15. The minimum absolute atomic E-state index is 0. The Labute approximate surface area is 69.4 Å². The molecule has 10 heavy (non-hydrogen) atoms. The van der Waals surface area contributed by atoms with Gasteiger partial charge in [-0.15, -0.1) is 29.9 Å². The van der Waals surface area contributed by atoms with E-state index in [2.05, 4.69) is 15.2 Å². The van der Waals surface area contributed by atoms with E-state index in [0.29, 0.717) is 0 Å². The first kappa shape index (κ1) is 9.26. The van der Waals surface area contributed by atoms with Crippen molar-refractivity contribution in [3.8, 4) is 0 Å². The molecule has 0 fully saturated rings. The van der Waals surface area contributed by atoms with Crippen molar-refractivity contribution in [1.29, 1.82) is 0 Å². The third kappa shape index (κ3) is 1.22. The van der Waals surface area contributed by atoms with Crippen LogP contribution in [0.1, 0.15) is 0 Å². The second-order valence-electron chi connectivity index (χ2n) is 1.49. The molecule has 2 heterocycles. The third-order valence-electron chi connectivity index (χ3n) is 1.00. The Hall–Kier alpha value is -0.740. The molecule has 1 N–H and O–H groups in total. The lowest BCUT2D eigenvalue weighted by atomic mass is 10.7. The summed E-state index contributed by atoms with van der Waals surface area (Å²) in [6.45, 7) is 0. The molecule has 2 rings (SSSR count). The monoisotopic (exact) mass is 180 g/mol. The van der Waals surface area contributed by atoms with Gasteiger partial charge in [-0.1, -0.05) is 0 Å². The highest BCUT2D eigenvalue weighted by Gasteiger charge is 1.88. The summed E-state index contributed by atoms with van der Waals surface area (Å²) < 4.78 is 1.60. The summed E-state index contributed by atoms with van der Waals surface area (Å²) in [5, 5.41) is 6.67. The first-order chi connectivity index (χ1) is 3.97. The van der Waals surface area contributed by atoms with Gasteiger partial charge in [0.1, 0.15) is 6.33 Å². The molecular weight excluding hydrogens is 175 g/mol. The van der Waals surface area contributed by atoms with Crippen molar-refractivity contribution in [2.24, 2.45) is 0 Å². The quantitative estimate of drug-likeness (QED) is 0.656. The van der Waals surface area contributed by atoms with E-state index in [1.165, 1.54) is 6.33 Å². The summed E-state index contributed by atoms with van der Waals surface area (Å²) in [6, 6.07) is 1.85. The van der Waals surface area contributed by atoms with Crippen LogP contribution in [0.15, 0.2) is 18.6 Å². The van der Waals surface area contributed by atoms with Gasteiger partial charge in [-0.25, -0.2) is 4.98 Å². The second-order valence-corrected chi connectivity index (χ2v) is 1.49. The minimum Gasteiger partial charge on any atom is -0.284 e. The van der Waals surface area contributed by atoms with Crippen LogP contribution in [0.3, 0.4) is 0 Å². The van der Waals surface area contributed by atoms with Crippen LogP contribution in [0.25, 0.3) is 5.65 Å². The van der Waals surface area contributed by atoms with Crippen molar-refractivity contribution in [3.63, 3.8) is 0 Å². The summed E-state index contributed by atoms with van der Waals surface area (Å²) in [5.74, 6) is 0. The molecule has 0 aliphatic heterocycles. The summed E-state index contributed by atoms with van der Waals surface area (Å²) in [6.07, 6.45) is 3.29. The van der Waals surface area contributed by atoms with Gasteiger partial charge in [0, 0.05) is 12.3 Å². The third-order valence-corrected chi connectivity index (χ3v) is 1.00. The molecular formula is C4H6Cl2N4. The lowest BCUT2D eigenvalue weighted by molar-refractivity contribution is 0.821. The topological polar surface area (TPSA) is 46.0 Å². The van der Waals surface area contributed by atoms with Crippen LogP contribution in [-0.4, -0.2) is 19.8 Å². The van der Waals surface area contributed by atoms with E-state index in [9.17, 15) is 0 Å². The predicted octanol–water partition coefficient (Wildman–Crippen LogP) is 0.901. The molecule has 2 aromatic rings. The molecule has 4 nitrogen and oxygen atoms in total. The van der Waals surface area contributed by atoms with Gasteiger partial charge in [-0.05, 0) is 0 Å². The van der Waals surface area contributed by atoms with Crippen LogP contribution in [0.4, 0.5) is 0 Å². The number of nitrogens with one attached hydrogen (secondary N) is 1. The van der Waals surface area contributed by atoms with E-state index in [1.807, 2.05) is 6.07 Å². The summed E-state index contributed by atoms with van der Waals surface area (Å²) >= 11 is 0. The Morgan fingerprint density at radius 1 is 1.40 bits per heavy atom. The van der Waals surface area contributed by atoms with Crippen LogP contribution >= 0.6 is 24.8 Å². The number of aromatic amines is 1. The highest BCUT2D eigenvalue weighted by atomic mass is 35.5. The minimum atomic E-state index is 0. The fourth-order valence-corrected chi connectivity index (χ4v) is 0.646. The largest absolute Gasteiger partial charge is 0.284 e. The smallest absolute Gasteiger partial charge is 0.175 e. The van der Waals surface area contributed by atoms with Gasteiger partial charge in [0.05, 0.1) is 0 Å². The molecule has 0 radical (unpaired) electrons. The van der Waals surface area contributed by atoms with Crippen molar-refractivity contribution < 1.29 is 0 Å². The molecule has 0 saturated carbocycles. The van der Waals surface area contributed by atoms with Gasteiger partial charge in [-0.3, -0.25) is 5.10 Å². The number of fused-ring (bicyclic) bond motifs is 1. The standard InChI is InChI=1S/C4H4N4.2ClH/c1-2-6-8-4(1)5-3-7-8;;/h1-3,6H;2*1H. The van der Waals surface area contributed by atoms with Crippen molar-refractivity contribution in [2.45, 2.75) is 0 Å². The summed E-state index contributed by atoms with van der Waals surface area (Å²) in [5.41, 5.74) is 0.852. The van der Waals surface area contributed by atoms with Crippen molar-refractivity contribution in [1.82, 2.24) is 19.8 Å². The maximum Gasteiger partial charge on any atom is 0.175 e. The normalized spacial score (nSPS) is 8.40. The van der Waals surface area contributed by atoms with Crippen LogP contribution in [0.5, 0.6) is 0 Å². The molecule has 6 heteroatoms. The van der Waals surface area contributed by atoms with Gasteiger partial charge >= 0.3 is 0 Å². The van der Waals surface area contributed by atoms with E-state index in [1.54, 1.807) is 10.8 Å². The zero-order chi connectivity index (χ0) is 5.40. The van der Waals surface area contributed by atoms with Crippen molar-refractivity contribution in [2.75, 3.05) is 0 Å². The number of aromatic nitrogens is 4. The maximum absolute atomic E-state index is 3.90. The first-order valence-corrected chi connectivity index (χ1v) is 2.30. The summed E-state index contributed by atoms with van der Waals surface area (Å²) in [7, 11) is 0. The molecule has 2 aromatic heterocycles. The molecule has 0 aromatic carbocycles. The average molecular weight is 181 g/mol. The zero-order valence-corrected chi connectivity index (χ0v) is 6.52. The Morgan fingerprint density at radius 3 is 2.90 bits per heavy atom. The summed E-state index contributed by atoms with van der Waals surface area (Å²) in [4.78, 5) is 3.90. The maximum atomic E-state index is 3.90. The Kier molecular flexibility index (Phi) is 3.18. The number of nitrogens with zero attached hydrogens (tertiary/aromatic N) is 3. The number of rotatable bonds is 0. The predicted molar refractivity (Wildman–Crippen MR) is 41.8 cm³/mol. The zero-order valence-electron chi connectivity index (χ0n) is 4.89. The molecule has 0 unspecified atom stereocenters. The van der Waals surface area contributed by atoms with Crippen LogP contribution in [-0.2, 0) is 0 Å². The fraction of sp³-hybridized carbons (Fsp3) is 0. The molecule has 0 amide bonds. The highest BCUT2D eigenvalue weighted by Crippen LogP contribution is 1.90. The van der Waals surface area contributed by atoms with Crippen LogP contribution < -0.4 is 0 Å². The molecule has 0 aliphatic rings. The number of hydrogen-bond acceptors (Lipinski definition) is 2. The van der Waals surface area contributed by atoms with E-state index >= 15 is 0 Å². The van der Waals surface area contributed by atoms with Gasteiger partial charge in [0.15, 0.2) is 5.65 Å². The van der Waals surface area contributed by atoms with E-state index in [0.717, 1.165) is 5.65 Å². The van der Waals surface area contributed by atoms with Crippen molar-refractivity contribution >= 4 is 30.5 Å². The van der Waals surface area contributed by atoms with Gasteiger partial charge in [0.2, 0.25) is 0 Å². The van der Waals surface area contributed by atoms with Crippen molar-refractivity contribution in [3.05, 3.63) is 18.6 Å². The molecule has 0 bridgehead atoms. The van der Waals surface area contributed by atoms with Gasteiger partial charge in [-0.2, -0.15) is 4.63 Å². The SMILES string of the molecule is Cl.Cl.c1nc2cc[nH]n2n1. The fourth-order valence-electron chi connectivity index (χ4n) is 0.646. The second kappa shape index (κ2) is 3.43. The van der Waals surface area contributed by atoms with Gasteiger partial charge in [0.25, 0.3) is 0 Å². The van der Waals surface area contributed by atoms with Crippen LogP contribution in [0.2, 0.25) is 0 Å². The number of halogens is 2. The Bertz CT molecular complexity index is 237. The first-order valence-electron chi connectivity index (χ1n) is 2.30. The Balaban J connectivity index is 0.000000405. The lowest BCUT2D eigenvalue weighted by Crippen LogP contribution is -1.81. The lowest BCUT2D eigenvalue weighted by Gasteiger charge is -1.72.